The first-order valence-electron chi connectivity index (χ1n) is 11.5. The van der Waals surface area contributed by atoms with Crippen LogP contribution in [0.2, 0.25) is 0 Å². The molecule has 0 bridgehead atoms. The van der Waals surface area contributed by atoms with Gasteiger partial charge in [0.1, 0.15) is 0 Å². The van der Waals surface area contributed by atoms with E-state index in [4.69, 9.17) is 0 Å². The Morgan fingerprint density at radius 3 is 1.43 bits per heavy atom. The maximum atomic E-state index is 13.7. The smallest absolute Gasteiger partial charge is 0.290 e. The zero-order chi connectivity index (χ0) is 29.4. The summed E-state index contributed by atoms with van der Waals surface area (Å²) in [4.78, 5) is 14.6. The van der Waals surface area contributed by atoms with Crippen molar-refractivity contribution in [2.24, 2.45) is 0 Å². The Hall–Kier alpha value is -3.93. The summed E-state index contributed by atoms with van der Waals surface area (Å²) in [7, 11) is 0. The molecule has 0 aromatic heterocycles. The Balaban J connectivity index is 1.76. The molecule has 0 N–H and O–H groups in total. The van der Waals surface area contributed by atoms with E-state index in [9.17, 15) is 48.7 Å². The lowest BCUT2D eigenvalue weighted by atomic mass is 9.93. The second-order valence-electron chi connectivity index (χ2n) is 9.07. The lowest BCUT2D eigenvalue weighted by Gasteiger charge is -2.30. The summed E-state index contributed by atoms with van der Waals surface area (Å²) in [6, 6.07) is 6.67. The van der Waals surface area contributed by atoms with Gasteiger partial charge in [0, 0.05) is 30.8 Å². The van der Waals surface area contributed by atoms with Gasteiger partial charge in [-0.3, -0.25) is 9.69 Å². The predicted molar refractivity (Wildman–Crippen MR) is 125 cm³/mol. The molecule has 40 heavy (non-hydrogen) atoms. The van der Waals surface area contributed by atoms with E-state index in [1.165, 1.54) is 29.2 Å². The molecule has 4 rings (SSSR count). The fraction of sp³-hybridized carbons (Fsp3) is 0.179. The first-order valence-corrected chi connectivity index (χ1v) is 11.5. The highest BCUT2D eigenvalue weighted by molar-refractivity contribution is 6.14. The average Bonchev–Trinajstić information content (AvgIpc) is 2.85. The van der Waals surface area contributed by atoms with Crippen LogP contribution in [0.25, 0.3) is 12.2 Å². The molecule has 1 aliphatic heterocycles. The minimum absolute atomic E-state index is 0.00788. The summed E-state index contributed by atoms with van der Waals surface area (Å²) in [5.74, 6) is -5.36. The van der Waals surface area contributed by atoms with Crippen LogP contribution in [0.1, 0.15) is 27.8 Å². The van der Waals surface area contributed by atoms with Gasteiger partial charge in [0.25, 0.3) is 0 Å². The Morgan fingerprint density at radius 1 is 0.625 bits per heavy atom. The maximum Gasteiger partial charge on any atom is 0.416 e. The summed E-state index contributed by atoms with van der Waals surface area (Å²) in [6.07, 6.45) is -7.74. The summed E-state index contributed by atoms with van der Waals surface area (Å²) in [6.45, 7) is -1.01. The largest absolute Gasteiger partial charge is 0.416 e. The highest BCUT2D eigenvalue weighted by Crippen LogP contribution is 2.37. The Morgan fingerprint density at radius 2 is 1.05 bits per heavy atom. The van der Waals surface area contributed by atoms with Gasteiger partial charge in [-0.05, 0) is 71.3 Å². The van der Waals surface area contributed by atoms with Crippen LogP contribution in [-0.4, -0.2) is 23.8 Å². The fourth-order valence-corrected chi connectivity index (χ4v) is 4.20. The number of carbonyl (C=O) groups is 1. The summed E-state index contributed by atoms with van der Waals surface area (Å²) >= 11 is 0. The molecule has 3 aromatic rings. The number of hydrogen-bond acceptors (Lipinski definition) is 2. The molecular formula is C28H17F10NO. The molecular weight excluding hydrogens is 556 g/mol. The van der Waals surface area contributed by atoms with Crippen molar-refractivity contribution >= 4 is 17.9 Å². The van der Waals surface area contributed by atoms with Crippen LogP contribution in [0.5, 0.6) is 0 Å². The van der Waals surface area contributed by atoms with Gasteiger partial charge in [0.2, 0.25) is 0 Å². The third-order valence-corrected chi connectivity index (χ3v) is 5.99. The van der Waals surface area contributed by atoms with Crippen LogP contribution in [0.15, 0.2) is 65.7 Å². The fourth-order valence-electron chi connectivity index (χ4n) is 4.20. The summed E-state index contributed by atoms with van der Waals surface area (Å²) < 4.78 is 134. The Labute approximate surface area is 220 Å². The third kappa shape index (κ3) is 6.79. The topological polar surface area (TPSA) is 20.3 Å². The van der Waals surface area contributed by atoms with E-state index in [2.05, 4.69) is 0 Å². The molecule has 0 saturated carbocycles. The molecule has 0 amide bonds. The molecule has 12 heteroatoms. The average molecular weight is 573 g/mol. The molecule has 210 valence electrons. The quantitative estimate of drug-likeness (QED) is 0.234. The summed E-state index contributed by atoms with van der Waals surface area (Å²) in [5, 5.41) is 0. The number of carbonyl (C=O) groups excluding carboxylic acids is 1. The zero-order valence-corrected chi connectivity index (χ0v) is 20.1. The van der Waals surface area contributed by atoms with Crippen LogP contribution in [0, 0.1) is 23.3 Å². The van der Waals surface area contributed by atoms with Gasteiger partial charge in [-0.25, -0.2) is 17.6 Å². The van der Waals surface area contributed by atoms with Gasteiger partial charge < -0.3 is 0 Å². The Kier molecular flexibility index (Phi) is 7.93. The first-order chi connectivity index (χ1) is 18.6. The molecule has 1 fully saturated rings. The van der Waals surface area contributed by atoms with Crippen LogP contribution >= 0.6 is 0 Å². The minimum atomic E-state index is -5.07. The molecule has 0 atom stereocenters. The monoisotopic (exact) mass is 573 g/mol. The van der Waals surface area contributed by atoms with E-state index in [0.29, 0.717) is 12.1 Å². The van der Waals surface area contributed by atoms with E-state index in [-0.39, 0.29) is 47.0 Å². The molecule has 1 heterocycles. The highest BCUT2D eigenvalue weighted by atomic mass is 19.4. The van der Waals surface area contributed by atoms with Crippen molar-refractivity contribution in [2.45, 2.75) is 18.9 Å². The number of Topliss-reactive ketones (excluding diaryl/α,β-unsaturated/α-hetero) is 1. The van der Waals surface area contributed by atoms with Crippen molar-refractivity contribution in [1.29, 1.82) is 0 Å². The van der Waals surface area contributed by atoms with Gasteiger partial charge in [0.05, 0.1) is 11.1 Å². The number of rotatable bonds is 4. The molecule has 1 saturated heterocycles. The van der Waals surface area contributed by atoms with Gasteiger partial charge in [-0.15, -0.1) is 0 Å². The highest BCUT2D eigenvalue weighted by Gasteiger charge is 2.37. The Bertz CT molecular complexity index is 1410. The molecule has 0 unspecified atom stereocenters. The summed E-state index contributed by atoms with van der Waals surface area (Å²) in [5.41, 5.74) is -3.34. The SMILES string of the molecule is O=C1/C(=C/c2ccc(F)c(F)c2)CN(Cc2cc(C(F)(F)F)cc(C(F)(F)F)c2)C/C1=C\c1ccc(F)c(F)c1. The van der Waals surface area contributed by atoms with Crippen LogP contribution < -0.4 is 0 Å². The lowest BCUT2D eigenvalue weighted by Crippen LogP contribution is -2.37. The molecule has 0 radical (unpaired) electrons. The minimum Gasteiger partial charge on any atom is -0.290 e. The van der Waals surface area contributed by atoms with Gasteiger partial charge >= 0.3 is 12.4 Å². The van der Waals surface area contributed by atoms with Gasteiger partial charge in [-0.2, -0.15) is 26.3 Å². The number of ketones is 1. The van der Waals surface area contributed by atoms with Crippen molar-refractivity contribution in [1.82, 2.24) is 4.90 Å². The van der Waals surface area contributed by atoms with Crippen LogP contribution in [0.3, 0.4) is 0 Å². The third-order valence-electron chi connectivity index (χ3n) is 5.99. The van der Waals surface area contributed by atoms with Crippen molar-refractivity contribution in [3.63, 3.8) is 0 Å². The van der Waals surface area contributed by atoms with Gasteiger partial charge in [0.15, 0.2) is 29.1 Å². The molecule has 0 aliphatic carbocycles. The number of likely N-dealkylation sites (tertiary alicyclic amines) is 1. The van der Waals surface area contributed by atoms with E-state index >= 15 is 0 Å². The molecule has 0 spiro atoms. The number of piperidine rings is 1. The van der Waals surface area contributed by atoms with Crippen LogP contribution in [-0.2, 0) is 23.7 Å². The van der Waals surface area contributed by atoms with E-state index in [1.807, 2.05) is 0 Å². The normalized spacial score (nSPS) is 17.2. The van der Waals surface area contributed by atoms with Crippen LogP contribution in [0.4, 0.5) is 43.9 Å². The number of benzene rings is 3. The van der Waals surface area contributed by atoms with Crippen molar-refractivity contribution in [3.8, 4) is 0 Å². The lowest BCUT2D eigenvalue weighted by molar-refractivity contribution is -0.143. The second kappa shape index (κ2) is 10.9. The number of alkyl halides is 6. The van der Waals surface area contributed by atoms with Gasteiger partial charge in [-0.1, -0.05) is 12.1 Å². The number of nitrogens with zero attached hydrogens (tertiary/aromatic N) is 1. The van der Waals surface area contributed by atoms with Crippen molar-refractivity contribution < 1.29 is 48.7 Å². The van der Waals surface area contributed by atoms with Crippen molar-refractivity contribution in [3.05, 3.63) is 117 Å². The maximum absolute atomic E-state index is 13.7. The van der Waals surface area contributed by atoms with E-state index < -0.39 is 59.1 Å². The predicted octanol–water partition coefficient (Wildman–Crippen LogP) is 7.83. The molecule has 3 aromatic carbocycles. The number of hydrogen-bond donors (Lipinski definition) is 0. The molecule has 1 aliphatic rings. The second-order valence-corrected chi connectivity index (χ2v) is 9.07. The standard InChI is InChI=1S/C28H17F10NO/c29-22-3-1-15(9-24(22)31)5-18-13-39(14-19(26(18)40)6-16-2-4-23(30)25(32)10-16)12-17-7-20(27(33,34)35)11-21(8-17)28(36,37)38/h1-11H,12-14H2/b18-5+,19-6+. The zero-order valence-electron chi connectivity index (χ0n) is 20.1. The number of halogens is 10. The first kappa shape index (κ1) is 29.1. The van der Waals surface area contributed by atoms with E-state index in [0.717, 1.165) is 24.3 Å². The molecule has 2 nitrogen and oxygen atoms in total. The van der Waals surface area contributed by atoms with E-state index in [1.54, 1.807) is 0 Å². The van der Waals surface area contributed by atoms with Crippen molar-refractivity contribution in [2.75, 3.05) is 13.1 Å².